The fourth-order valence-electron chi connectivity index (χ4n) is 2.79. The van der Waals surface area contributed by atoms with Crippen LogP contribution in [0.2, 0.25) is 5.02 Å². The van der Waals surface area contributed by atoms with Gasteiger partial charge < -0.3 is 9.64 Å². The van der Waals surface area contributed by atoms with Crippen molar-refractivity contribution >= 4 is 23.4 Å². The number of aromatic nitrogens is 1. The molecule has 138 valence electrons. The fourth-order valence-corrected chi connectivity index (χ4v) is 2.91. The third-order valence-electron chi connectivity index (χ3n) is 4.26. The Labute approximate surface area is 153 Å². The van der Waals surface area contributed by atoms with E-state index in [9.17, 15) is 18.0 Å². The van der Waals surface area contributed by atoms with Gasteiger partial charge in [0.2, 0.25) is 0 Å². The van der Waals surface area contributed by atoms with Gasteiger partial charge in [-0.3, -0.25) is 4.79 Å². The normalized spacial score (nSPS) is 15.8. The lowest BCUT2D eigenvalue weighted by Gasteiger charge is -2.31. The molecule has 1 aliphatic heterocycles. The van der Waals surface area contributed by atoms with Crippen molar-refractivity contribution in [2.45, 2.75) is 19.0 Å². The van der Waals surface area contributed by atoms with Gasteiger partial charge in [-0.15, -0.1) is 0 Å². The molecule has 2 heterocycles. The molecule has 0 atom stereocenters. The van der Waals surface area contributed by atoms with E-state index in [1.165, 1.54) is 6.07 Å². The summed E-state index contributed by atoms with van der Waals surface area (Å²) in [5.74, 6) is 0.345. The van der Waals surface area contributed by atoms with Gasteiger partial charge in [0.05, 0.1) is 11.5 Å². The second-order valence-electron chi connectivity index (χ2n) is 6.04. The van der Waals surface area contributed by atoms with Gasteiger partial charge in [0.1, 0.15) is 11.6 Å². The molecule has 0 amide bonds. The van der Waals surface area contributed by atoms with Crippen molar-refractivity contribution in [3.8, 4) is 5.75 Å². The van der Waals surface area contributed by atoms with E-state index in [0.29, 0.717) is 42.5 Å². The van der Waals surface area contributed by atoms with Crippen LogP contribution in [0.25, 0.3) is 0 Å². The van der Waals surface area contributed by atoms with Crippen molar-refractivity contribution in [3.63, 3.8) is 0 Å². The summed E-state index contributed by atoms with van der Waals surface area (Å²) in [6.07, 6.45) is -2.47. The maximum Gasteiger partial charge on any atom is 0.417 e. The van der Waals surface area contributed by atoms with Crippen LogP contribution in [0.1, 0.15) is 18.4 Å². The number of carbonyl (C=O) groups is 1. The summed E-state index contributed by atoms with van der Waals surface area (Å²) in [5, 5.41) is 0.558. The zero-order valence-electron chi connectivity index (χ0n) is 13.7. The summed E-state index contributed by atoms with van der Waals surface area (Å²) < 4.78 is 43.1. The average Bonchev–Trinajstić information content (AvgIpc) is 2.63. The first-order valence-electron chi connectivity index (χ1n) is 8.08. The molecule has 0 N–H and O–H groups in total. The van der Waals surface area contributed by atoms with Crippen LogP contribution in [0.4, 0.5) is 19.0 Å². The number of esters is 1. The highest BCUT2D eigenvalue weighted by atomic mass is 35.5. The lowest BCUT2D eigenvalue weighted by molar-refractivity contribution is -0.140. The lowest BCUT2D eigenvalue weighted by Crippen LogP contribution is -2.38. The second kappa shape index (κ2) is 7.53. The van der Waals surface area contributed by atoms with Crippen LogP contribution in [0, 0.1) is 5.92 Å². The van der Waals surface area contributed by atoms with Crippen molar-refractivity contribution in [2.24, 2.45) is 5.92 Å². The highest BCUT2D eigenvalue weighted by Crippen LogP contribution is 2.30. The number of benzene rings is 1. The second-order valence-corrected chi connectivity index (χ2v) is 6.48. The van der Waals surface area contributed by atoms with Gasteiger partial charge in [0, 0.05) is 24.3 Å². The van der Waals surface area contributed by atoms with E-state index in [2.05, 4.69) is 4.98 Å². The molecule has 1 aromatic heterocycles. The van der Waals surface area contributed by atoms with Crippen LogP contribution in [-0.4, -0.2) is 24.0 Å². The number of nitrogens with zero attached hydrogens (tertiary/aromatic N) is 2. The lowest BCUT2D eigenvalue weighted by atomic mass is 9.97. The highest BCUT2D eigenvalue weighted by Gasteiger charge is 2.31. The van der Waals surface area contributed by atoms with Crippen molar-refractivity contribution < 1.29 is 22.7 Å². The smallest absolute Gasteiger partial charge is 0.417 e. The Hall–Kier alpha value is -2.28. The van der Waals surface area contributed by atoms with E-state index in [-0.39, 0.29) is 11.9 Å². The number of halogens is 4. The van der Waals surface area contributed by atoms with Gasteiger partial charge in [-0.2, -0.15) is 13.2 Å². The van der Waals surface area contributed by atoms with E-state index < -0.39 is 11.7 Å². The molecule has 4 nitrogen and oxygen atoms in total. The molecular weight excluding hydrogens is 369 g/mol. The summed E-state index contributed by atoms with van der Waals surface area (Å²) in [6, 6.07) is 8.91. The molecule has 0 aliphatic carbocycles. The fraction of sp³-hybridized carbons (Fsp3) is 0.333. The molecule has 1 aliphatic rings. The minimum atomic E-state index is -4.40. The monoisotopic (exact) mass is 384 g/mol. The molecule has 0 bridgehead atoms. The zero-order chi connectivity index (χ0) is 18.7. The van der Waals surface area contributed by atoms with E-state index >= 15 is 0 Å². The third kappa shape index (κ3) is 4.46. The Morgan fingerprint density at radius 1 is 1.12 bits per heavy atom. The van der Waals surface area contributed by atoms with Gasteiger partial charge in [-0.05, 0) is 49.2 Å². The van der Waals surface area contributed by atoms with Crippen molar-refractivity contribution in [2.75, 3.05) is 18.0 Å². The van der Waals surface area contributed by atoms with Gasteiger partial charge >= 0.3 is 12.1 Å². The number of rotatable bonds is 3. The minimum absolute atomic E-state index is 0.253. The Balaban J connectivity index is 1.55. The SMILES string of the molecule is O=C(Oc1ccc(Cl)cc1)C1CCN(c2ccc(C(F)(F)F)cn2)CC1. The van der Waals surface area contributed by atoms with Crippen molar-refractivity contribution in [1.29, 1.82) is 0 Å². The van der Waals surface area contributed by atoms with Gasteiger partial charge in [-0.25, -0.2) is 4.98 Å². The van der Waals surface area contributed by atoms with E-state index in [1.807, 2.05) is 4.90 Å². The standard InChI is InChI=1S/C18H16ClF3N2O2/c19-14-2-4-15(5-3-14)26-17(25)12-7-9-24(10-8-12)16-6-1-13(11-23-16)18(20,21)22/h1-6,11-12H,7-10H2. The summed E-state index contributed by atoms with van der Waals surface area (Å²) in [7, 11) is 0. The number of hydrogen-bond acceptors (Lipinski definition) is 4. The molecule has 0 unspecified atom stereocenters. The van der Waals surface area contributed by atoms with Crippen LogP contribution in [0.5, 0.6) is 5.75 Å². The average molecular weight is 385 g/mol. The number of piperidine rings is 1. The quantitative estimate of drug-likeness (QED) is 0.574. The topological polar surface area (TPSA) is 42.4 Å². The summed E-state index contributed by atoms with van der Waals surface area (Å²) in [4.78, 5) is 18.0. The number of alkyl halides is 3. The maximum atomic E-state index is 12.6. The molecule has 26 heavy (non-hydrogen) atoms. The summed E-state index contributed by atoms with van der Waals surface area (Å²) in [6.45, 7) is 1.05. The molecule has 8 heteroatoms. The largest absolute Gasteiger partial charge is 0.426 e. The molecular formula is C18H16ClF3N2O2. The molecule has 1 aromatic carbocycles. The van der Waals surface area contributed by atoms with Gasteiger partial charge in [0.15, 0.2) is 0 Å². The third-order valence-corrected chi connectivity index (χ3v) is 4.51. The van der Waals surface area contributed by atoms with Crippen LogP contribution in [0.3, 0.4) is 0 Å². The highest BCUT2D eigenvalue weighted by molar-refractivity contribution is 6.30. The minimum Gasteiger partial charge on any atom is -0.426 e. The Morgan fingerprint density at radius 2 is 1.77 bits per heavy atom. The Morgan fingerprint density at radius 3 is 2.31 bits per heavy atom. The molecule has 0 radical (unpaired) electrons. The number of anilines is 1. The first-order chi connectivity index (χ1) is 12.3. The molecule has 0 saturated carbocycles. The van der Waals surface area contributed by atoms with Gasteiger partial charge in [0.25, 0.3) is 0 Å². The van der Waals surface area contributed by atoms with Crippen LogP contribution in [0.15, 0.2) is 42.6 Å². The Kier molecular flexibility index (Phi) is 5.36. The van der Waals surface area contributed by atoms with E-state index in [0.717, 1.165) is 12.3 Å². The maximum absolute atomic E-state index is 12.6. The molecule has 2 aromatic rings. The first-order valence-corrected chi connectivity index (χ1v) is 8.46. The first kappa shape index (κ1) is 18.5. The molecule has 1 fully saturated rings. The number of carbonyl (C=O) groups excluding carboxylic acids is 1. The van der Waals surface area contributed by atoms with Gasteiger partial charge in [-0.1, -0.05) is 11.6 Å². The molecule has 1 saturated heterocycles. The Bertz CT molecular complexity index is 756. The molecule has 3 rings (SSSR count). The van der Waals surface area contributed by atoms with E-state index in [1.54, 1.807) is 24.3 Å². The van der Waals surface area contributed by atoms with Crippen LogP contribution < -0.4 is 9.64 Å². The number of ether oxygens (including phenoxy) is 1. The summed E-state index contributed by atoms with van der Waals surface area (Å²) in [5.41, 5.74) is -0.775. The summed E-state index contributed by atoms with van der Waals surface area (Å²) >= 11 is 5.79. The number of pyridine rings is 1. The van der Waals surface area contributed by atoms with Crippen molar-refractivity contribution in [1.82, 2.24) is 4.98 Å². The number of hydrogen-bond donors (Lipinski definition) is 0. The molecule has 0 spiro atoms. The predicted molar refractivity (Wildman–Crippen MR) is 91.3 cm³/mol. The van der Waals surface area contributed by atoms with Crippen LogP contribution >= 0.6 is 11.6 Å². The zero-order valence-corrected chi connectivity index (χ0v) is 14.4. The predicted octanol–water partition coefficient (Wildman–Crippen LogP) is 4.58. The van der Waals surface area contributed by atoms with E-state index in [4.69, 9.17) is 16.3 Å². The van der Waals surface area contributed by atoms with Crippen LogP contribution in [-0.2, 0) is 11.0 Å². The van der Waals surface area contributed by atoms with Crippen molar-refractivity contribution in [3.05, 3.63) is 53.2 Å².